The SMILES string of the molecule is COc1cc(Br)c(F)cc1F.COc1cc(Br)c(F)cc1Oc1cccnc1[N+](=O)[O-].O=[N+]([O-])c1ncccc1F.[K+].[OH-]. The summed E-state index contributed by atoms with van der Waals surface area (Å²) in [6.45, 7) is 0. The van der Waals surface area contributed by atoms with Crippen LogP contribution in [0.15, 0.2) is 69.9 Å². The summed E-state index contributed by atoms with van der Waals surface area (Å²) in [7, 11) is 2.70. The van der Waals surface area contributed by atoms with Crippen LogP contribution < -0.4 is 65.6 Å². The Kier molecular flexibility index (Phi) is 18.2. The molecule has 2 heterocycles. The van der Waals surface area contributed by atoms with E-state index in [1.54, 1.807) is 0 Å². The monoisotopic (exact) mass is 762 g/mol. The molecule has 224 valence electrons. The normalized spacial score (nSPS) is 9.40. The molecule has 19 heteroatoms. The number of pyridine rings is 2. The van der Waals surface area contributed by atoms with Crippen molar-refractivity contribution in [1.82, 2.24) is 9.97 Å². The first-order valence-corrected chi connectivity index (χ1v) is 12.2. The van der Waals surface area contributed by atoms with Crippen molar-refractivity contribution < 1.29 is 98.5 Å². The number of hydrogen-bond donors (Lipinski definition) is 0. The largest absolute Gasteiger partial charge is 1.00 e. The molecule has 0 spiro atoms. The van der Waals surface area contributed by atoms with Gasteiger partial charge < -0.3 is 39.9 Å². The minimum absolute atomic E-state index is 0. The zero-order chi connectivity index (χ0) is 30.7. The average Bonchev–Trinajstić information content (AvgIpc) is 2.93. The third kappa shape index (κ3) is 12.0. The molecular weight excluding hydrogens is 747 g/mol. The maximum absolute atomic E-state index is 13.5. The van der Waals surface area contributed by atoms with Crippen molar-refractivity contribution in [3.05, 3.63) is 113 Å². The molecule has 0 aliphatic rings. The second-order valence-corrected chi connectivity index (χ2v) is 8.78. The number of rotatable bonds is 6. The van der Waals surface area contributed by atoms with Crippen LogP contribution in [0.25, 0.3) is 0 Å². The number of ether oxygens (including phenoxy) is 3. The molecule has 0 saturated heterocycles. The molecule has 4 rings (SSSR count). The number of nitro groups is 2. The molecule has 0 saturated carbocycles. The van der Waals surface area contributed by atoms with Gasteiger partial charge in [0.2, 0.25) is 11.6 Å². The summed E-state index contributed by atoms with van der Waals surface area (Å²) in [5.41, 5.74) is 0. The van der Waals surface area contributed by atoms with Gasteiger partial charge in [-0.2, -0.15) is 4.39 Å². The third-order valence-electron chi connectivity index (χ3n) is 4.46. The molecule has 2 aromatic carbocycles. The Morgan fingerprint density at radius 2 is 1.16 bits per heavy atom. The molecule has 1 N–H and O–H groups in total. The zero-order valence-electron chi connectivity index (χ0n) is 22.1. The number of aromatic nitrogens is 2. The summed E-state index contributed by atoms with van der Waals surface area (Å²) in [6.07, 6.45) is 2.44. The molecule has 0 aliphatic heterocycles. The van der Waals surface area contributed by atoms with E-state index in [9.17, 15) is 37.8 Å². The first-order chi connectivity index (χ1) is 19.4. The molecule has 0 radical (unpaired) electrons. The smallest absolute Gasteiger partial charge is 0.870 e. The Labute approximate surface area is 299 Å². The van der Waals surface area contributed by atoms with Gasteiger partial charge in [-0.25, -0.2) is 13.2 Å². The van der Waals surface area contributed by atoms with Crippen molar-refractivity contribution >= 4 is 43.5 Å². The molecule has 4 aromatic rings. The first kappa shape index (κ1) is 40.2. The van der Waals surface area contributed by atoms with E-state index in [0.717, 1.165) is 18.2 Å². The first-order valence-electron chi connectivity index (χ1n) is 10.6. The molecule has 0 unspecified atom stereocenters. The van der Waals surface area contributed by atoms with E-state index in [2.05, 4.69) is 46.6 Å². The summed E-state index contributed by atoms with van der Waals surface area (Å²) in [6, 6.07) is 9.57. The van der Waals surface area contributed by atoms with Gasteiger partial charge in [0.15, 0.2) is 23.1 Å². The standard InChI is InChI=1S/C12H8BrFN2O4.C7H5BrF2O.C5H3FN2O2.K.H2O/c1-19-10-5-7(13)8(14)6-11(10)20-9-3-2-4-15-12(9)16(17)18;1-11-7-2-4(8)5(9)3-6(7)10;6-4-2-1-3-7-5(4)8(9)10;;/h2-6H,1H3;2-3H,1H3;1-3H;;1H2/q;;;+1;/p-1. The Bertz CT molecular complexity index is 1560. The minimum atomic E-state index is -0.910. The summed E-state index contributed by atoms with van der Waals surface area (Å²) in [5, 5.41) is 20.8. The second-order valence-electron chi connectivity index (χ2n) is 7.07. The third-order valence-corrected chi connectivity index (χ3v) is 5.67. The molecule has 2 aromatic heterocycles. The maximum Gasteiger partial charge on any atom is 1.00 e. The second kappa shape index (κ2) is 19.5. The van der Waals surface area contributed by atoms with Crippen LogP contribution in [-0.2, 0) is 0 Å². The van der Waals surface area contributed by atoms with Gasteiger partial charge in [-0.3, -0.25) is 0 Å². The van der Waals surface area contributed by atoms with Crippen molar-refractivity contribution in [2.45, 2.75) is 0 Å². The maximum atomic E-state index is 13.5. The predicted molar refractivity (Wildman–Crippen MR) is 145 cm³/mol. The summed E-state index contributed by atoms with van der Waals surface area (Å²) >= 11 is 5.91. The van der Waals surface area contributed by atoms with Gasteiger partial charge in [0, 0.05) is 24.3 Å². The van der Waals surface area contributed by atoms with Crippen molar-refractivity contribution in [1.29, 1.82) is 0 Å². The van der Waals surface area contributed by atoms with Gasteiger partial charge in [-0.1, -0.05) is 0 Å². The van der Waals surface area contributed by atoms with E-state index in [0.29, 0.717) is 0 Å². The van der Waals surface area contributed by atoms with Crippen LogP contribution in [0.4, 0.5) is 29.2 Å². The summed E-state index contributed by atoms with van der Waals surface area (Å²) in [4.78, 5) is 26.0. The molecule has 12 nitrogen and oxygen atoms in total. The van der Waals surface area contributed by atoms with Crippen molar-refractivity contribution in [3.8, 4) is 23.0 Å². The van der Waals surface area contributed by atoms with Crippen LogP contribution >= 0.6 is 31.9 Å². The van der Waals surface area contributed by atoms with Gasteiger partial charge in [0.1, 0.15) is 24.0 Å². The molecule has 0 fully saturated rings. The molecule has 0 aliphatic carbocycles. The topological polar surface area (TPSA) is 170 Å². The van der Waals surface area contributed by atoms with Crippen LogP contribution in [0.3, 0.4) is 0 Å². The van der Waals surface area contributed by atoms with E-state index < -0.39 is 44.8 Å². The average molecular weight is 764 g/mol. The van der Waals surface area contributed by atoms with Crippen LogP contribution in [0.1, 0.15) is 0 Å². The fraction of sp³-hybridized carbons (Fsp3) is 0.0833. The quantitative estimate of drug-likeness (QED) is 0.0903. The Morgan fingerprint density at radius 3 is 1.65 bits per heavy atom. The van der Waals surface area contributed by atoms with E-state index in [1.807, 2.05) is 0 Å². The Morgan fingerprint density at radius 1 is 0.674 bits per heavy atom. The Hall–Kier alpha value is -2.78. The fourth-order valence-corrected chi connectivity index (χ4v) is 3.28. The zero-order valence-corrected chi connectivity index (χ0v) is 28.4. The van der Waals surface area contributed by atoms with Crippen molar-refractivity contribution in [2.24, 2.45) is 0 Å². The van der Waals surface area contributed by atoms with E-state index in [1.165, 1.54) is 56.9 Å². The number of nitrogens with zero attached hydrogens (tertiary/aromatic N) is 4. The van der Waals surface area contributed by atoms with Crippen LogP contribution in [0.5, 0.6) is 23.0 Å². The van der Waals surface area contributed by atoms with Crippen molar-refractivity contribution in [3.63, 3.8) is 0 Å². The van der Waals surface area contributed by atoms with Gasteiger partial charge in [-0.05, 0) is 75.9 Å². The van der Waals surface area contributed by atoms with Gasteiger partial charge in [0.05, 0.1) is 23.2 Å². The van der Waals surface area contributed by atoms with Gasteiger partial charge in [-0.15, -0.1) is 0 Å². The van der Waals surface area contributed by atoms with Gasteiger partial charge in [0.25, 0.3) is 0 Å². The number of hydrogen-bond acceptors (Lipinski definition) is 10. The van der Waals surface area contributed by atoms with Crippen molar-refractivity contribution in [2.75, 3.05) is 14.2 Å². The molecular formula is C24H17Br2F4KN4O8. The number of halogens is 6. The van der Waals surface area contributed by atoms with Gasteiger partial charge >= 0.3 is 63.0 Å². The minimum Gasteiger partial charge on any atom is -0.870 e. The number of methoxy groups -OCH3 is 2. The van der Waals surface area contributed by atoms with E-state index in [4.69, 9.17) is 9.47 Å². The molecule has 43 heavy (non-hydrogen) atoms. The molecule has 0 amide bonds. The Balaban J connectivity index is 0.000000655. The fourth-order valence-electron chi connectivity index (χ4n) is 2.64. The molecule has 0 atom stereocenters. The predicted octanol–water partition coefficient (Wildman–Crippen LogP) is 4.38. The molecule has 0 bridgehead atoms. The van der Waals surface area contributed by atoms with Crippen LogP contribution in [-0.4, -0.2) is 39.5 Å². The van der Waals surface area contributed by atoms with Crippen LogP contribution in [0.2, 0.25) is 0 Å². The number of benzene rings is 2. The summed E-state index contributed by atoms with van der Waals surface area (Å²) < 4.78 is 66.4. The van der Waals surface area contributed by atoms with E-state index >= 15 is 0 Å². The summed E-state index contributed by atoms with van der Waals surface area (Å²) in [5.74, 6) is -3.84. The van der Waals surface area contributed by atoms with Crippen LogP contribution in [0, 0.1) is 43.5 Å². The van der Waals surface area contributed by atoms with E-state index in [-0.39, 0.29) is 88.8 Å².